The van der Waals surface area contributed by atoms with Gasteiger partial charge in [-0.05, 0) is 37.0 Å². The number of aromatic nitrogens is 1. The molecule has 26 heavy (non-hydrogen) atoms. The topological polar surface area (TPSA) is 34.3 Å². The molecule has 0 radical (unpaired) electrons. The molecule has 4 rings (SSSR count). The Hall–Kier alpha value is -1.66. The first-order valence-corrected chi connectivity index (χ1v) is 10.3. The number of likely N-dealkylation sites (N-methyl/N-ethyl adjacent to an activating group) is 1. The molecule has 3 heterocycles. The van der Waals surface area contributed by atoms with Crippen LogP contribution in [-0.2, 0) is 6.54 Å². The van der Waals surface area contributed by atoms with Gasteiger partial charge in [-0.15, -0.1) is 11.3 Å². The van der Waals surface area contributed by atoms with Crippen molar-refractivity contribution in [2.75, 3.05) is 39.8 Å². The monoisotopic (exact) mass is 368 g/mol. The van der Waals surface area contributed by atoms with Gasteiger partial charge in [-0.1, -0.05) is 24.3 Å². The number of rotatable bonds is 6. The number of aryl methyl sites for hydroxylation is 1. The molecule has 1 saturated heterocycles. The van der Waals surface area contributed by atoms with E-state index in [0.29, 0.717) is 6.04 Å². The molecular formula is C21H28N4S. The Bertz CT molecular complexity index is 831. The largest absolute Gasteiger partial charge is 0.358 e. The van der Waals surface area contributed by atoms with Gasteiger partial charge < -0.3 is 15.2 Å². The first-order chi connectivity index (χ1) is 12.7. The molecule has 1 unspecified atom stereocenters. The molecule has 0 amide bonds. The number of nitrogens with zero attached hydrogens (tertiary/aromatic N) is 2. The summed E-state index contributed by atoms with van der Waals surface area (Å²) in [5.41, 5.74) is 3.89. The Labute approximate surface area is 159 Å². The summed E-state index contributed by atoms with van der Waals surface area (Å²) < 4.78 is 0. The number of aromatic amines is 1. The smallest absolute Gasteiger partial charge is 0.0567 e. The number of fused-ring (bicyclic) bond motifs is 1. The summed E-state index contributed by atoms with van der Waals surface area (Å²) >= 11 is 1.88. The van der Waals surface area contributed by atoms with E-state index >= 15 is 0 Å². The van der Waals surface area contributed by atoms with E-state index in [-0.39, 0.29) is 0 Å². The molecule has 5 heteroatoms. The van der Waals surface area contributed by atoms with Crippen molar-refractivity contribution < 1.29 is 0 Å². The van der Waals surface area contributed by atoms with Crippen LogP contribution in [0.2, 0.25) is 0 Å². The second-order valence-corrected chi connectivity index (χ2v) is 8.25. The number of H-pyrrole nitrogens is 1. The van der Waals surface area contributed by atoms with Crippen molar-refractivity contribution >= 4 is 22.2 Å². The SMILES string of the molecule is Cc1[nH]c2ccccc2c1CNCC(c1cccs1)N1CCN(C)CC1. The third-order valence-corrected chi connectivity index (χ3v) is 6.49. The van der Waals surface area contributed by atoms with Crippen molar-refractivity contribution in [3.8, 4) is 0 Å². The van der Waals surface area contributed by atoms with Crippen molar-refractivity contribution in [3.05, 3.63) is 57.9 Å². The highest BCUT2D eigenvalue weighted by Gasteiger charge is 2.24. The van der Waals surface area contributed by atoms with E-state index in [4.69, 9.17) is 0 Å². The highest BCUT2D eigenvalue weighted by molar-refractivity contribution is 7.10. The molecule has 1 fully saturated rings. The summed E-state index contributed by atoms with van der Waals surface area (Å²) in [6.45, 7) is 8.68. The number of thiophene rings is 1. The molecule has 1 aromatic carbocycles. The van der Waals surface area contributed by atoms with E-state index in [2.05, 4.69) is 75.9 Å². The zero-order valence-electron chi connectivity index (χ0n) is 15.7. The van der Waals surface area contributed by atoms with Gasteiger partial charge in [0.25, 0.3) is 0 Å². The normalized spacial score (nSPS) is 17.8. The molecular weight excluding hydrogens is 340 g/mol. The zero-order valence-corrected chi connectivity index (χ0v) is 16.5. The van der Waals surface area contributed by atoms with Crippen LogP contribution in [-0.4, -0.2) is 54.6 Å². The van der Waals surface area contributed by atoms with Crippen LogP contribution in [0, 0.1) is 6.92 Å². The van der Waals surface area contributed by atoms with Crippen molar-refractivity contribution in [3.63, 3.8) is 0 Å². The van der Waals surface area contributed by atoms with Gasteiger partial charge in [0.05, 0.1) is 6.04 Å². The summed E-state index contributed by atoms with van der Waals surface area (Å²) in [7, 11) is 2.22. The van der Waals surface area contributed by atoms with Crippen LogP contribution in [0.1, 0.15) is 22.2 Å². The average Bonchev–Trinajstić information content (AvgIpc) is 3.28. The lowest BCUT2D eigenvalue weighted by atomic mass is 10.1. The van der Waals surface area contributed by atoms with E-state index in [1.807, 2.05) is 11.3 Å². The van der Waals surface area contributed by atoms with Crippen LogP contribution in [0.25, 0.3) is 10.9 Å². The lowest BCUT2D eigenvalue weighted by Gasteiger charge is -2.37. The second-order valence-electron chi connectivity index (χ2n) is 7.28. The van der Waals surface area contributed by atoms with Gasteiger partial charge in [0.15, 0.2) is 0 Å². The molecule has 0 aliphatic carbocycles. The zero-order chi connectivity index (χ0) is 17.9. The fraction of sp³-hybridized carbons (Fsp3) is 0.429. The maximum atomic E-state index is 3.75. The van der Waals surface area contributed by atoms with E-state index in [1.54, 1.807) is 0 Å². The van der Waals surface area contributed by atoms with Crippen molar-refractivity contribution in [2.45, 2.75) is 19.5 Å². The average molecular weight is 369 g/mol. The Kier molecular flexibility index (Phi) is 5.41. The van der Waals surface area contributed by atoms with Crippen molar-refractivity contribution in [1.29, 1.82) is 0 Å². The number of piperazine rings is 1. The molecule has 1 aliphatic heterocycles. The molecule has 0 saturated carbocycles. The summed E-state index contributed by atoms with van der Waals surface area (Å²) in [5, 5.41) is 7.28. The van der Waals surface area contributed by atoms with E-state index in [0.717, 1.165) is 39.3 Å². The lowest BCUT2D eigenvalue weighted by molar-refractivity contribution is 0.111. The first kappa shape index (κ1) is 17.7. The Morgan fingerprint density at radius 1 is 1.12 bits per heavy atom. The standard InChI is InChI=1S/C21H28N4S/c1-16-18(17-6-3-4-7-19(17)23-16)14-22-15-20(21-8-5-13-26-21)25-11-9-24(2)10-12-25/h3-8,13,20,22-23H,9-12,14-15H2,1-2H3. The number of hydrogen-bond donors (Lipinski definition) is 2. The van der Waals surface area contributed by atoms with Gasteiger partial charge in [-0.2, -0.15) is 0 Å². The highest BCUT2D eigenvalue weighted by Crippen LogP contribution is 2.26. The van der Waals surface area contributed by atoms with E-state index < -0.39 is 0 Å². The maximum absolute atomic E-state index is 3.75. The van der Waals surface area contributed by atoms with Crippen LogP contribution in [0.15, 0.2) is 41.8 Å². The van der Waals surface area contributed by atoms with Gasteiger partial charge in [0, 0.05) is 60.7 Å². The van der Waals surface area contributed by atoms with Crippen molar-refractivity contribution in [2.24, 2.45) is 0 Å². The van der Waals surface area contributed by atoms with Gasteiger partial charge in [-0.25, -0.2) is 0 Å². The molecule has 3 aromatic rings. The van der Waals surface area contributed by atoms with E-state index in [9.17, 15) is 0 Å². The minimum absolute atomic E-state index is 0.467. The fourth-order valence-electron chi connectivity index (χ4n) is 3.92. The van der Waals surface area contributed by atoms with Crippen LogP contribution in [0.4, 0.5) is 0 Å². The van der Waals surface area contributed by atoms with Gasteiger partial charge >= 0.3 is 0 Å². The number of para-hydroxylation sites is 1. The minimum atomic E-state index is 0.467. The predicted molar refractivity (Wildman–Crippen MR) is 111 cm³/mol. The van der Waals surface area contributed by atoms with Crippen molar-refractivity contribution in [1.82, 2.24) is 20.1 Å². The van der Waals surface area contributed by atoms with Gasteiger partial charge in [0.1, 0.15) is 0 Å². The minimum Gasteiger partial charge on any atom is -0.358 e. The molecule has 4 nitrogen and oxygen atoms in total. The quantitative estimate of drug-likeness (QED) is 0.697. The third-order valence-electron chi connectivity index (χ3n) is 5.52. The Morgan fingerprint density at radius 3 is 2.69 bits per heavy atom. The van der Waals surface area contributed by atoms with Crippen LogP contribution < -0.4 is 5.32 Å². The van der Waals surface area contributed by atoms with Crippen LogP contribution >= 0.6 is 11.3 Å². The summed E-state index contributed by atoms with van der Waals surface area (Å²) in [4.78, 5) is 10.0. The van der Waals surface area contributed by atoms with Gasteiger partial charge in [0.2, 0.25) is 0 Å². The highest BCUT2D eigenvalue weighted by atomic mass is 32.1. The maximum Gasteiger partial charge on any atom is 0.0567 e. The number of hydrogen-bond acceptors (Lipinski definition) is 4. The molecule has 0 spiro atoms. The second kappa shape index (κ2) is 7.92. The first-order valence-electron chi connectivity index (χ1n) is 9.45. The van der Waals surface area contributed by atoms with Crippen LogP contribution in [0.5, 0.6) is 0 Å². The van der Waals surface area contributed by atoms with Crippen LogP contribution in [0.3, 0.4) is 0 Å². The molecule has 1 atom stereocenters. The van der Waals surface area contributed by atoms with Gasteiger partial charge in [-0.3, -0.25) is 4.90 Å². The Morgan fingerprint density at radius 2 is 1.92 bits per heavy atom. The number of nitrogens with one attached hydrogen (secondary N) is 2. The molecule has 1 aliphatic rings. The Balaban J connectivity index is 1.45. The molecule has 0 bridgehead atoms. The molecule has 2 N–H and O–H groups in total. The lowest BCUT2D eigenvalue weighted by Crippen LogP contribution is -2.47. The molecule has 138 valence electrons. The summed E-state index contributed by atoms with van der Waals surface area (Å²) in [6, 6.07) is 13.5. The fourth-order valence-corrected chi connectivity index (χ4v) is 4.78. The van der Waals surface area contributed by atoms with E-state index in [1.165, 1.54) is 27.0 Å². The number of benzene rings is 1. The summed E-state index contributed by atoms with van der Waals surface area (Å²) in [5.74, 6) is 0. The summed E-state index contributed by atoms with van der Waals surface area (Å²) in [6.07, 6.45) is 0. The third kappa shape index (κ3) is 3.71. The predicted octanol–water partition coefficient (Wildman–Crippen LogP) is 3.62. The molecule has 2 aromatic heterocycles.